The van der Waals surface area contributed by atoms with Crippen molar-refractivity contribution in [3.63, 3.8) is 0 Å². The lowest BCUT2D eigenvalue weighted by Gasteiger charge is -1.89. The summed E-state index contributed by atoms with van der Waals surface area (Å²) in [5.41, 5.74) is 0. The van der Waals surface area contributed by atoms with E-state index < -0.39 is 0 Å². The van der Waals surface area contributed by atoms with Crippen molar-refractivity contribution in [2.45, 2.75) is 6.42 Å². The third-order valence-electron chi connectivity index (χ3n) is 0.479. The van der Waals surface area contributed by atoms with E-state index >= 15 is 0 Å². The Kier molecular flexibility index (Phi) is 5.66. The second kappa shape index (κ2) is 5.35. The fourth-order valence-electron chi connectivity index (χ4n) is 0.181. The monoisotopic (exact) mass is 107 g/mol. The molecule has 0 aliphatic rings. The summed E-state index contributed by atoms with van der Waals surface area (Å²) >= 11 is 0. The van der Waals surface area contributed by atoms with Gasteiger partial charge in [0.1, 0.15) is 0 Å². The topological polar surface area (TPSA) is 32.3 Å². The van der Waals surface area contributed by atoms with Gasteiger partial charge >= 0.3 is 0 Å². The maximum absolute atomic E-state index is 8.15. The van der Waals surface area contributed by atoms with Crippen LogP contribution in [0.5, 0.6) is 0 Å². The van der Waals surface area contributed by atoms with E-state index in [0.717, 1.165) is 13.0 Å². The minimum atomic E-state index is 0.279. The smallest absolute Gasteiger partial charge is 0.0443 e. The molecule has 0 saturated carbocycles. The molecule has 0 rings (SSSR count). The average Bonchev–Trinajstić information content (AvgIpc) is 1.61. The standard InChI is InChI=1S/C3H10NOP/c5-3-1-2-4-6/h4-5H,1-3,6H2. The highest BCUT2D eigenvalue weighted by Crippen LogP contribution is 1.73. The molecule has 0 heterocycles. The minimum absolute atomic E-state index is 0.279. The first-order valence-corrected chi connectivity index (χ1v) is 2.54. The second-order valence-corrected chi connectivity index (χ2v) is 1.44. The van der Waals surface area contributed by atoms with Crippen LogP contribution in [0.15, 0.2) is 0 Å². The molecule has 0 radical (unpaired) electrons. The molecule has 0 aromatic carbocycles. The van der Waals surface area contributed by atoms with Gasteiger partial charge in [-0.25, -0.2) is 0 Å². The van der Waals surface area contributed by atoms with Gasteiger partial charge in [-0.15, -0.1) is 0 Å². The molecule has 1 atom stereocenters. The van der Waals surface area contributed by atoms with Gasteiger partial charge < -0.3 is 10.2 Å². The lowest BCUT2D eigenvalue weighted by molar-refractivity contribution is 0.289. The van der Waals surface area contributed by atoms with Crippen LogP contribution in [-0.2, 0) is 0 Å². The van der Waals surface area contributed by atoms with Crippen LogP contribution in [0.4, 0.5) is 0 Å². The van der Waals surface area contributed by atoms with Gasteiger partial charge in [-0.2, -0.15) is 0 Å². The molecular weight excluding hydrogens is 97.0 g/mol. The van der Waals surface area contributed by atoms with E-state index in [-0.39, 0.29) is 6.61 Å². The van der Waals surface area contributed by atoms with Crippen LogP contribution >= 0.6 is 9.39 Å². The first kappa shape index (κ1) is 6.35. The Bertz CT molecular complexity index is 22.8. The third kappa shape index (κ3) is 4.35. The Balaban J connectivity index is 2.34. The van der Waals surface area contributed by atoms with Crippen LogP contribution in [0.1, 0.15) is 6.42 Å². The Labute approximate surface area is 40.2 Å². The molecule has 1 unspecified atom stereocenters. The average molecular weight is 107 g/mol. The highest BCUT2D eigenvalue weighted by atomic mass is 31.0. The number of nitrogens with one attached hydrogen (secondary N) is 1. The molecule has 0 aromatic heterocycles. The summed E-state index contributed by atoms with van der Waals surface area (Å²) in [7, 11) is 2.37. The second-order valence-electron chi connectivity index (χ2n) is 1.03. The number of aliphatic hydroxyl groups is 1. The summed E-state index contributed by atoms with van der Waals surface area (Å²) in [6.07, 6.45) is 0.837. The van der Waals surface area contributed by atoms with E-state index in [0.29, 0.717) is 0 Å². The summed E-state index contributed by atoms with van der Waals surface area (Å²) < 4.78 is 0. The molecule has 6 heavy (non-hydrogen) atoms. The summed E-state index contributed by atoms with van der Waals surface area (Å²) in [6.45, 7) is 1.16. The van der Waals surface area contributed by atoms with Gasteiger partial charge in [0.25, 0.3) is 0 Å². The highest BCUT2D eigenvalue weighted by Gasteiger charge is 1.74. The van der Waals surface area contributed by atoms with Gasteiger partial charge in [-0.05, 0) is 6.42 Å². The molecule has 0 fully saturated rings. The van der Waals surface area contributed by atoms with Crippen LogP contribution in [0, 0.1) is 0 Å². The molecule has 0 aliphatic heterocycles. The minimum Gasteiger partial charge on any atom is -0.396 e. The zero-order valence-electron chi connectivity index (χ0n) is 3.65. The molecular formula is C3H10NOP. The predicted octanol–water partition coefficient (Wildman–Crippen LogP) is -0.252. The molecule has 0 saturated heterocycles. The van der Waals surface area contributed by atoms with Gasteiger partial charge in [0, 0.05) is 13.2 Å². The summed E-state index contributed by atoms with van der Waals surface area (Å²) in [5, 5.41) is 11.0. The molecule has 3 heteroatoms. The Hall–Kier alpha value is 0.350. The number of rotatable bonds is 3. The van der Waals surface area contributed by atoms with Gasteiger partial charge in [0.05, 0.1) is 0 Å². The van der Waals surface area contributed by atoms with Gasteiger partial charge in [0.2, 0.25) is 0 Å². The van der Waals surface area contributed by atoms with E-state index in [1.807, 2.05) is 0 Å². The molecule has 38 valence electrons. The molecule has 0 amide bonds. The number of hydrogen-bond donors (Lipinski definition) is 2. The maximum Gasteiger partial charge on any atom is 0.0443 e. The normalized spacial score (nSPS) is 9.00. The number of aliphatic hydroxyl groups excluding tert-OH is 1. The van der Waals surface area contributed by atoms with Gasteiger partial charge in [0.15, 0.2) is 0 Å². The molecule has 0 bridgehead atoms. The van der Waals surface area contributed by atoms with Gasteiger partial charge in [-0.3, -0.25) is 0 Å². The van der Waals surface area contributed by atoms with Crippen LogP contribution in [0.3, 0.4) is 0 Å². The molecule has 2 nitrogen and oxygen atoms in total. The van der Waals surface area contributed by atoms with E-state index in [4.69, 9.17) is 5.11 Å². The molecule has 0 aliphatic carbocycles. The molecule has 0 spiro atoms. The summed E-state index contributed by atoms with van der Waals surface area (Å²) in [4.78, 5) is 0. The lowest BCUT2D eigenvalue weighted by atomic mass is 10.5. The van der Waals surface area contributed by atoms with Crippen LogP contribution < -0.4 is 5.09 Å². The van der Waals surface area contributed by atoms with Gasteiger partial charge in [-0.1, -0.05) is 9.39 Å². The first-order chi connectivity index (χ1) is 2.91. The van der Waals surface area contributed by atoms with Crippen LogP contribution in [0.25, 0.3) is 0 Å². The summed E-state index contributed by atoms with van der Waals surface area (Å²) in [5.74, 6) is 0. The third-order valence-corrected chi connectivity index (χ3v) is 0.768. The van der Waals surface area contributed by atoms with E-state index in [1.54, 1.807) is 0 Å². The van der Waals surface area contributed by atoms with E-state index in [9.17, 15) is 0 Å². The Morgan fingerprint density at radius 2 is 2.33 bits per heavy atom. The summed E-state index contributed by atoms with van der Waals surface area (Å²) in [6, 6.07) is 0. The lowest BCUT2D eigenvalue weighted by Crippen LogP contribution is -2.01. The Morgan fingerprint density at radius 1 is 1.67 bits per heavy atom. The predicted molar refractivity (Wildman–Crippen MR) is 29.4 cm³/mol. The quantitative estimate of drug-likeness (QED) is 0.385. The van der Waals surface area contributed by atoms with Crippen LogP contribution in [-0.4, -0.2) is 18.3 Å². The fourth-order valence-corrected chi connectivity index (χ4v) is 0.385. The van der Waals surface area contributed by atoms with Crippen molar-refractivity contribution in [2.24, 2.45) is 0 Å². The van der Waals surface area contributed by atoms with Crippen molar-refractivity contribution >= 4 is 9.39 Å². The molecule has 2 N–H and O–H groups in total. The number of hydrogen-bond acceptors (Lipinski definition) is 2. The Morgan fingerprint density at radius 3 is 2.50 bits per heavy atom. The molecule has 0 aromatic rings. The maximum atomic E-state index is 8.15. The van der Waals surface area contributed by atoms with Crippen molar-refractivity contribution in [1.82, 2.24) is 5.09 Å². The van der Waals surface area contributed by atoms with Crippen molar-refractivity contribution in [2.75, 3.05) is 13.2 Å². The van der Waals surface area contributed by atoms with Crippen molar-refractivity contribution in [3.8, 4) is 0 Å². The SMILES string of the molecule is OCCCNP. The van der Waals surface area contributed by atoms with Crippen molar-refractivity contribution in [3.05, 3.63) is 0 Å². The van der Waals surface area contributed by atoms with E-state index in [1.165, 1.54) is 0 Å². The first-order valence-electron chi connectivity index (χ1n) is 1.96. The fraction of sp³-hybridized carbons (Fsp3) is 1.00. The zero-order chi connectivity index (χ0) is 4.83. The van der Waals surface area contributed by atoms with Crippen LogP contribution in [0.2, 0.25) is 0 Å². The highest BCUT2D eigenvalue weighted by molar-refractivity contribution is 7.13. The van der Waals surface area contributed by atoms with Crippen molar-refractivity contribution in [1.29, 1.82) is 0 Å². The zero-order valence-corrected chi connectivity index (χ0v) is 4.80. The van der Waals surface area contributed by atoms with E-state index in [2.05, 4.69) is 14.5 Å². The largest absolute Gasteiger partial charge is 0.396 e. The van der Waals surface area contributed by atoms with Crippen molar-refractivity contribution < 1.29 is 5.11 Å².